The molecule has 1 aliphatic rings. The quantitative estimate of drug-likeness (QED) is 0.635. The molecule has 1 aliphatic heterocycles. The van der Waals surface area contributed by atoms with Gasteiger partial charge >= 0.3 is 0 Å². The first-order valence-corrected chi connectivity index (χ1v) is 9.16. The number of carbonyl (C=O) groups excluding carboxylic acids is 3. The molecule has 0 saturated carbocycles. The summed E-state index contributed by atoms with van der Waals surface area (Å²) >= 11 is 0. The van der Waals surface area contributed by atoms with Crippen LogP contribution >= 0.6 is 0 Å². The Kier molecular flexibility index (Phi) is 6.26. The van der Waals surface area contributed by atoms with Crippen LogP contribution in [0.5, 0.6) is 5.75 Å². The highest BCUT2D eigenvalue weighted by atomic mass is 16.5. The number of hydrogen-bond donors (Lipinski definition) is 3. The SMILES string of the molecule is NC(=O)[C@H](Cc1ccc(OCc2ccccc2)cc1)NC(=O)[C@H]1CCC(=O)N1. The predicted molar refractivity (Wildman–Crippen MR) is 103 cm³/mol. The molecule has 4 N–H and O–H groups in total. The van der Waals surface area contributed by atoms with E-state index in [2.05, 4.69) is 10.6 Å². The second kappa shape index (κ2) is 9.03. The third-order valence-corrected chi connectivity index (χ3v) is 4.58. The average Bonchev–Trinajstić information content (AvgIpc) is 3.14. The highest BCUT2D eigenvalue weighted by Gasteiger charge is 2.29. The van der Waals surface area contributed by atoms with E-state index < -0.39 is 23.9 Å². The maximum Gasteiger partial charge on any atom is 0.243 e. The summed E-state index contributed by atoms with van der Waals surface area (Å²) in [5.41, 5.74) is 7.35. The Morgan fingerprint density at radius 2 is 1.82 bits per heavy atom. The summed E-state index contributed by atoms with van der Waals surface area (Å²) in [5.74, 6) is -0.470. The van der Waals surface area contributed by atoms with Crippen LogP contribution in [0.4, 0.5) is 0 Å². The molecule has 3 amide bonds. The van der Waals surface area contributed by atoms with Crippen LogP contribution in [0.15, 0.2) is 54.6 Å². The van der Waals surface area contributed by atoms with E-state index >= 15 is 0 Å². The highest BCUT2D eigenvalue weighted by Crippen LogP contribution is 2.16. The summed E-state index contributed by atoms with van der Waals surface area (Å²) in [5, 5.41) is 5.21. The number of amides is 3. The lowest BCUT2D eigenvalue weighted by molar-refractivity contribution is -0.129. The first kappa shape index (κ1) is 19.4. The van der Waals surface area contributed by atoms with Gasteiger partial charge in [0.1, 0.15) is 24.4 Å². The Balaban J connectivity index is 1.55. The van der Waals surface area contributed by atoms with Crippen molar-refractivity contribution in [3.63, 3.8) is 0 Å². The maximum absolute atomic E-state index is 12.2. The zero-order valence-electron chi connectivity index (χ0n) is 15.4. The second-order valence-corrected chi connectivity index (χ2v) is 6.74. The van der Waals surface area contributed by atoms with E-state index in [9.17, 15) is 14.4 Å². The van der Waals surface area contributed by atoms with E-state index in [-0.39, 0.29) is 12.3 Å². The normalized spacial score (nSPS) is 16.9. The minimum atomic E-state index is -0.846. The molecule has 1 saturated heterocycles. The minimum Gasteiger partial charge on any atom is -0.489 e. The Hall–Kier alpha value is -3.35. The van der Waals surface area contributed by atoms with Crippen molar-refractivity contribution in [3.05, 3.63) is 65.7 Å². The topological polar surface area (TPSA) is 111 Å². The summed E-state index contributed by atoms with van der Waals surface area (Å²) in [6.45, 7) is 0.466. The van der Waals surface area contributed by atoms with Gasteiger partial charge in [0.05, 0.1) is 0 Å². The molecule has 146 valence electrons. The fourth-order valence-corrected chi connectivity index (χ4v) is 3.00. The van der Waals surface area contributed by atoms with Crippen LogP contribution in [0.2, 0.25) is 0 Å². The number of nitrogens with one attached hydrogen (secondary N) is 2. The molecule has 0 bridgehead atoms. The maximum atomic E-state index is 12.2. The van der Waals surface area contributed by atoms with E-state index in [1.807, 2.05) is 54.6 Å². The standard InChI is InChI=1S/C21H23N3O4/c22-20(26)18(24-21(27)17-10-11-19(25)23-17)12-14-6-8-16(9-7-14)28-13-15-4-2-1-3-5-15/h1-9,17-18H,10-13H2,(H2,22,26)(H,23,25)(H,24,27)/t17-,18+/m1/s1. The number of hydrogen-bond acceptors (Lipinski definition) is 4. The van der Waals surface area contributed by atoms with Gasteiger partial charge < -0.3 is 21.1 Å². The van der Waals surface area contributed by atoms with E-state index in [0.717, 1.165) is 11.1 Å². The number of ether oxygens (including phenoxy) is 1. The largest absolute Gasteiger partial charge is 0.489 e. The summed E-state index contributed by atoms with van der Waals surface area (Å²) in [6.07, 6.45) is 0.994. The summed E-state index contributed by atoms with van der Waals surface area (Å²) in [4.78, 5) is 35.2. The van der Waals surface area contributed by atoms with E-state index in [1.54, 1.807) is 0 Å². The molecule has 7 heteroatoms. The third kappa shape index (κ3) is 5.33. The van der Waals surface area contributed by atoms with Crippen molar-refractivity contribution in [2.75, 3.05) is 0 Å². The van der Waals surface area contributed by atoms with Gasteiger partial charge in [-0.2, -0.15) is 0 Å². The molecule has 2 atom stereocenters. The minimum absolute atomic E-state index is 0.165. The Morgan fingerprint density at radius 1 is 1.11 bits per heavy atom. The van der Waals surface area contributed by atoms with Crippen molar-refractivity contribution in [2.24, 2.45) is 5.73 Å². The summed E-state index contributed by atoms with van der Waals surface area (Å²) < 4.78 is 5.74. The van der Waals surface area contributed by atoms with Gasteiger partial charge in [0.25, 0.3) is 0 Å². The van der Waals surface area contributed by atoms with E-state index in [0.29, 0.717) is 25.2 Å². The molecule has 1 fully saturated rings. The fourth-order valence-electron chi connectivity index (χ4n) is 3.00. The molecule has 0 spiro atoms. The monoisotopic (exact) mass is 381 g/mol. The molecule has 0 radical (unpaired) electrons. The number of benzene rings is 2. The van der Waals surface area contributed by atoms with Gasteiger partial charge in [0.2, 0.25) is 17.7 Å². The van der Waals surface area contributed by atoms with Crippen molar-refractivity contribution in [2.45, 2.75) is 38.0 Å². The van der Waals surface area contributed by atoms with Gasteiger partial charge in [-0.25, -0.2) is 0 Å². The van der Waals surface area contributed by atoms with Crippen molar-refractivity contribution in [1.82, 2.24) is 10.6 Å². The molecular formula is C21H23N3O4. The highest BCUT2D eigenvalue weighted by molar-refractivity contribution is 5.93. The molecule has 0 unspecified atom stereocenters. The smallest absolute Gasteiger partial charge is 0.243 e. The number of rotatable bonds is 8. The first-order chi connectivity index (χ1) is 13.5. The molecule has 28 heavy (non-hydrogen) atoms. The van der Waals surface area contributed by atoms with Crippen LogP contribution in [-0.4, -0.2) is 29.8 Å². The van der Waals surface area contributed by atoms with Crippen molar-refractivity contribution >= 4 is 17.7 Å². The van der Waals surface area contributed by atoms with Gasteiger partial charge in [0.15, 0.2) is 0 Å². The van der Waals surface area contributed by atoms with Gasteiger partial charge in [-0.3, -0.25) is 14.4 Å². The second-order valence-electron chi connectivity index (χ2n) is 6.74. The van der Waals surface area contributed by atoms with Gasteiger partial charge in [0, 0.05) is 12.8 Å². The van der Waals surface area contributed by atoms with Gasteiger partial charge in [-0.1, -0.05) is 42.5 Å². The molecule has 7 nitrogen and oxygen atoms in total. The van der Waals surface area contributed by atoms with Crippen LogP contribution in [0.25, 0.3) is 0 Å². The van der Waals surface area contributed by atoms with Crippen LogP contribution < -0.4 is 21.1 Å². The average molecular weight is 381 g/mol. The number of nitrogens with two attached hydrogens (primary N) is 1. The van der Waals surface area contributed by atoms with Crippen LogP contribution in [0, 0.1) is 0 Å². The zero-order valence-corrected chi connectivity index (χ0v) is 15.4. The third-order valence-electron chi connectivity index (χ3n) is 4.58. The molecular weight excluding hydrogens is 358 g/mol. The van der Waals surface area contributed by atoms with E-state index in [4.69, 9.17) is 10.5 Å². The first-order valence-electron chi connectivity index (χ1n) is 9.16. The molecule has 0 aromatic heterocycles. The molecule has 1 heterocycles. The summed E-state index contributed by atoms with van der Waals surface area (Å²) in [7, 11) is 0. The van der Waals surface area contributed by atoms with Crippen molar-refractivity contribution < 1.29 is 19.1 Å². The number of primary amides is 1. The van der Waals surface area contributed by atoms with E-state index in [1.165, 1.54) is 0 Å². The van der Waals surface area contributed by atoms with Gasteiger partial charge in [-0.15, -0.1) is 0 Å². The fraction of sp³-hybridized carbons (Fsp3) is 0.286. The predicted octanol–water partition coefficient (Wildman–Crippen LogP) is 1.06. The Bertz CT molecular complexity index is 836. The van der Waals surface area contributed by atoms with Crippen molar-refractivity contribution in [3.8, 4) is 5.75 Å². The zero-order chi connectivity index (χ0) is 19.9. The number of carbonyl (C=O) groups is 3. The van der Waals surface area contributed by atoms with Gasteiger partial charge in [-0.05, 0) is 29.7 Å². The lowest BCUT2D eigenvalue weighted by atomic mass is 10.0. The van der Waals surface area contributed by atoms with Crippen LogP contribution in [-0.2, 0) is 27.4 Å². The Labute approximate surface area is 163 Å². The lowest BCUT2D eigenvalue weighted by Gasteiger charge is -2.18. The summed E-state index contributed by atoms with van der Waals surface area (Å²) in [6, 6.07) is 15.7. The molecule has 3 rings (SSSR count). The molecule has 2 aromatic rings. The Morgan fingerprint density at radius 3 is 2.43 bits per heavy atom. The van der Waals surface area contributed by atoms with Crippen LogP contribution in [0.3, 0.4) is 0 Å². The molecule has 0 aliphatic carbocycles. The lowest BCUT2D eigenvalue weighted by Crippen LogP contribution is -2.51. The molecule has 2 aromatic carbocycles. The van der Waals surface area contributed by atoms with Crippen molar-refractivity contribution in [1.29, 1.82) is 0 Å². The van der Waals surface area contributed by atoms with Crippen LogP contribution in [0.1, 0.15) is 24.0 Å².